The van der Waals surface area contributed by atoms with Crippen molar-refractivity contribution < 1.29 is 4.74 Å². The lowest BCUT2D eigenvalue weighted by molar-refractivity contribution is 0.336. The number of nitrogens with two attached hydrogens (primary N) is 1. The van der Waals surface area contributed by atoms with Gasteiger partial charge in [0.15, 0.2) is 0 Å². The van der Waals surface area contributed by atoms with Crippen molar-refractivity contribution in [1.29, 1.82) is 0 Å². The average molecular weight is 250 g/mol. The summed E-state index contributed by atoms with van der Waals surface area (Å²) < 4.78 is 5.57. The van der Waals surface area contributed by atoms with Crippen LogP contribution in [0, 0.1) is 12.8 Å². The van der Waals surface area contributed by atoms with E-state index in [1.165, 1.54) is 11.1 Å². The summed E-state index contributed by atoms with van der Waals surface area (Å²) in [6, 6.07) is 6.71. The smallest absolute Gasteiger partial charge is 0.122 e. The molecule has 0 saturated carbocycles. The normalized spacial score (nSPS) is 14.3. The Hall–Kier alpha value is -1.06. The number of nitrogens with one attached hydrogen (secondary N) is 1. The predicted molar refractivity (Wildman–Crippen MR) is 77.0 cm³/mol. The van der Waals surface area contributed by atoms with Gasteiger partial charge >= 0.3 is 0 Å². The zero-order valence-corrected chi connectivity index (χ0v) is 12.0. The Morgan fingerprint density at radius 1 is 1.33 bits per heavy atom. The van der Waals surface area contributed by atoms with Crippen molar-refractivity contribution >= 4 is 0 Å². The summed E-state index contributed by atoms with van der Waals surface area (Å²) >= 11 is 0. The molecule has 0 aliphatic carbocycles. The largest absolute Gasteiger partial charge is 0.494 e. The molecule has 0 radical (unpaired) electrons. The maximum atomic E-state index is 5.85. The molecule has 3 nitrogen and oxygen atoms in total. The number of aryl methyl sites for hydroxylation is 1. The van der Waals surface area contributed by atoms with Crippen LogP contribution < -0.4 is 15.8 Å². The van der Waals surface area contributed by atoms with Crippen LogP contribution in [0.2, 0.25) is 0 Å². The third-order valence-electron chi connectivity index (χ3n) is 3.47. The Morgan fingerprint density at radius 2 is 2.06 bits per heavy atom. The summed E-state index contributed by atoms with van der Waals surface area (Å²) in [5, 5.41) is 3.38. The summed E-state index contributed by atoms with van der Waals surface area (Å²) in [5.41, 5.74) is 8.32. The number of rotatable bonds is 7. The van der Waals surface area contributed by atoms with Crippen LogP contribution >= 0.6 is 0 Å². The van der Waals surface area contributed by atoms with Crippen molar-refractivity contribution in [2.45, 2.75) is 33.2 Å². The summed E-state index contributed by atoms with van der Waals surface area (Å²) in [7, 11) is 1.99. The molecule has 0 amide bonds. The van der Waals surface area contributed by atoms with Crippen LogP contribution in [0.25, 0.3) is 0 Å². The molecule has 2 atom stereocenters. The molecule has 18 heavy (non-hydrogen) atoms. The van der Waals surface area contributed by atoms with Gasteiger partial charge in [0.2, 0.25) is 0 Å². The fourth-order valence-corrected chi connectivity index (χ4v) is 2.40. The minimum atomic E-state index is 0.314. The van der Waals surface area contributed by atoms with Crippen LogP contribution in [0.1, 0.15) is 37.4 Å². The number of hydrogen-bond donors (Lipinski definition) is 2. The van der Waals surface area contributed by atoms with Gasteiger partial charge in [-0.15, -0.1) is 0 Å². The van der Waals surface area contributed by atoms with Crippen molar-refractivity contribution in [3.8, 4) is 5.75 Å². The van der Waals surface area contributed by atoms with E-state index in [1.807, 2.05) is 14.0 Å². The van der Waals surface area contributed by atoms with E-state index in [9.17, 15) is 0 Å². The van der Waals surface area contributed by atoms with Gasteiger partial charge in [-0.1, -0.05) is 25.5 Å². The molecule has 0 heterocycles. The Morgan fingerprint density at radius 3 is 2.50 bits per heavy atom. The highest BCUT2D eigenvalue weighted by atomic mass is 16.5. The Bertz CT molecular complexity index is 362. The molecule has 3 heteroatoms. The van der Waals surface area contributed by atoms with E-state index in [2.05, 4.69) is 37.4 Å². The fraction of sp³-hybridized carbons (Fsp3) is 0.600. The Balaban J connectivity index is 2.96. The first kappa shape index (κ1) is 15.0. The van der Waals surface area contributed by atoms with E-state index in [-0.39, 0.29) is 0 Å². The second-order valence-electron chi connectivity index (χ2n) is 4.63. The molecule has 1 rings (SSSR count). The van der Waals surface area contributed by atoms with Crippen molar-refractivity contribution in [1.82, 2.24) is 5.32 Å². The number of benzene rings is 1. The first-order valence-corrected chi connectivity index (χ1v) is 6.78. The van der Waals surface area contributed by atoms with E-state index in [0.717, 1.165) is 12.2 Å². The standard InChI is InChI=1S/C15H26N2O/c1-5-12(10-16)15(17-4)13-7-8-14(18-6-2)11(3)9-13/h7-9,12,15,17H,5-6,10,16H2,1-4H3. The predicted octanol–water partition coefficient (Wildman–Crippen LogP) is 2.64. The Kier molecular flexibility index (Phi) is 6.16. The highest BCUT2D eigenvalue weighted by Crippen LogP contribution is 2.28. The third-order valence-corrected chi connectivity index (χ3v) is 3.47. The average Bonchev–Trinajstić information content (AvgIpc) is 2.38. The van der Waals surface area contributed by atoms with Gasteiger partial charge in [0.1, 0.15) is 5.75 Å². The van der Waals surface area contributed by atoms with Gasteiger partial charge < -0.3 is 15.8 Å². The molecule has 0 aliphatic heterocycles. The number of ether oxygens (including phenoxy) is 1. The second-order valence-corrected chi connectivity index (χ2v) is 4.63. The van der Waals surface area contributed by atoms with Gasteiger partial charge in [-0.2, -0.15) is 0 Å². The molecule has 1 aromatic carbocycles. The first-order chi connectivity index (χ1) is 8.67. The van der Waals surface area contributed by atoms with Gasteiger partial charge in [-0.3, -0.25) is 0 Å². The van der Waals surface area contributed by atoms with Gasteiger partial charge in [-0.25, -0.2) is 0 Å². The molecule has 3 N–H and O–H groups in total. The van der Waals surface area contributed by atoms with Gasteiger partial charge in [-0.05, 0) is 50.6 Å². The lowest BCUT2D eigenvalue weighted by Crippen LogP contribution is -2.30. The number of hydrogen-bond acceptors (Lipinski definition) is 3. The quantitative estimate of drug-likeness (QED) is 0.782. The highest BCUT2D eigenvalue weighted by molar-refractivity contribution is 5.37. The molecule has 0 fully saturated rings. The SMILES string of the molecule is CCOc1ccc(C(NC)C(CC)CN)cc1C. The maximum Gasteiger partial charge on any atom is 0.122 e. The maximum absolute atomic E-state index is 5.85. The van der Waals surface area contributed by atoms with Crippen LogP contribution in [0.3, 0.4) is 0 Å². The molecule has 102 valence electrons. The van der Waals surface area contributed by atoms with Gasteiger partial charge in [0, 0.05) is 6.04 Å². The first-order valence-electron chi connectivity index (χ1n) is 6.78. The summed E-state index contributed by atoms with van der Waals surface area (Å²) in [4.78, 5) is 0. The molecule has 1 aromatic rings. The summed E-state index contributed by atoms with van der Waals surface area (Å²) in [5.74, 6) is 1.43. The van der Waals surface area contributed by atoms with Crippen molar-refractivity contribution in [3.63, 3.8) is 0 Å². The molecule has 0 spiro atoms. The molecule has 2 unspecified atom stereocenters. The van der Waals surface area contributed by atoms with E-state index in [4.69, 9.17) is 10.5 Å². The van der Waals surface area contributed by atoms with Crippen LogP contribution in [0.5, 0.6) is 5.75 Å². The topological polar surface area (TPSA) is 47.3 Å². The van der Waals surface area contributed by atoms with E-state index < -0.39 is 0 Å². The lowest BCUT2D eigenvalue weighted by Gasteiger charge is -2.25. The van der Waals surface area contributed by atoms with Crippen molar-refractivity contribution in [2.75, 3.05) is 20.2 Å². The van der Waals surface area contributed by atoms with Gasteiger partial charge in [0.25, 0.3) is 0 Å². The monoisotopic (exact) mass is 250 g/mol. The second kappa shape index (κ2) is 7.39. The lowest BCUT2D eigenvalue weighted by atomic mass is 9.90. The van der Waals surface area contributed by atoms with Crippen LogP contribution in [-0.2, 0) is 0 Å². The molecule has 0 saturated heterocycles. The van der Waals surface area contributed by atoms with E-state index in [0.29, 0.717) is 25.1 Å². The molecular formula is C15H26N2O. The van der Waals surface area contributed by atoms with E-state index in [1.54, 1.807) is 0 Å². The van der Waals surface area contributed by atoms with E-state index >= 15 is 0 Å². The third kappa shape index (κ3) is 3.47. The summed E-state index contributed by atoms with van der Waals surface area (Å²) in [6.45, 7) is 7.68. The van der Waals surface area contributed by atoms with Crippen LogP contribution in [-0.4, -0.2) is 20.2 Å². The zero-order valence-electron chi connectivity index (χ0n) is 12.0. The molecule has 0 aromatic heterocycles. The highest BCUT2D eigenvalue weighted by Gasteiger charge is 2.19. The van der Waals surface area contributed by atoms with Crippen molar-refractivity contribution in [3.05, 3.63) is 29.3 Å². The molecular weight excluding hydrogens is 224 g/mol. The minimum absolute atomic E-state index is 0.314. The molecule has 0 bridgehead atoms. The van der Waals surface area contributed by atoms with Crippen LogP contribution in [0.4, 0.5) is 0 Å². The zero-order chi connectivity index (χ0) is 13.5. The van der Waals surface area contributed by atoms with Crippen LogP contribution in [0.15, 0.2) is 18.2 Å². The minimum Gasteiger partial charge on any atom is -0.494 e. The Labute approximate surface area is 111 Å². The van der Waals surface area contributed by atoms with Crippen molar-refractivity contribution in [2.24, 2.45) is 11.7 Å². The fourth-order valence-electron chi connectivity index (χ4n) is 2.40. The summed E-state index contributed by atoms with van der Waals surface area (Å²) in [6.07, 6.45) is 1.08. The molecule has 0 aliphatic rings. The van der Waals surface area contributed by atoms with Gasteiger partial charge in [0.05, 0.1) is 6.61 Å².